The highest BCUT2D eigenvalue weighted by atomic mass is 32.2. The van der Waals surface area contributed by atoms with Crippen LogP contribution in [-0.2, 0) is 11.3 Å². The first kappa shape index (κ1) is 18.5. The first-order valence-electron chi connectivity index (χ1n) is 8.68. The molecule has 0 bridgehead atoms. The van der Waals surface area contributed by atoms with Crippen LogP contribution in [0.1, 0.15) is 58.9 Å². The van der Waals surface area contributed by atoms with Crippen LogP contribution in [-0.4, -0.2) is 32.3 Å². The van der Waals surface area contributed by atoms with E-state index in [0.717, 1.165) is 33.8 Å². The fourth-order valence-electron chi connectivity index (χ4n) is 3.49. The molecule has 0 spiro atoms. The van der Waals surface area contributed by atoms with E-state index in [1.807, 2.05) is 26.8 Å². The third kappa shape index (κ3) is 3.11. The van der Waals surface area contributed by atoms with Crippen LogP contribution in [0.3, 0.4) is 0 Å². The summed E-state index contributed by atoms with van der Waals surface area (Å²) in [6, 6.07) is 1.78. The molecule has 138 valence electrons. The highest BCUT2D eigenvalue weighted by Gasteiger charge is 2.29. The molecule has 6 nitrogen and oxygen atoms in total. The molecule has 1 aromatic heterocycles. The summed E-state index contributed by atoms with van der Waals surface area (Å²) < 4.78 is 1.39. The van der Waals surface area contributed by atoms with Gasteiger partial charge in [-0.2, -0.15) is 5.10 Å². The SMILES string of the molecule is CCn1ncc(C(=O)c2cc(C)c3c(c2C)C(NC(C)=O)CCS3)c1O. The smallest absolute Gasteiger partial charge is 0.220 e. The topological polar surface area (TPSA) is 84.2 Å². The van der Waals surface area contributed by atoms with Crippen LogP contribution in [0.5, 0.6) is 5.88 Å². The number of aromatic nitrogens is 2. The van der Waals surface area contributed by atoms with E-state index in [-0.39, 0.29) is 29.2 Å². The third-order valence-electron chi connectivity index (χ3n) is 4.75. The van der Waals surface area contributed by atoms with Crippen LogP contribution >= 0.6 is 11.8 Å². The number of ketones is 1. The van der Waals surface area contributed by atoms with Crippen molar-refractivity contribution in [2.45, 2.75) is 51.6 Å². The lowest BCUT2D eigenvalue weighted by Crippen LogP contribution is -2.30. The summed E-state index contributed by atoms with van der Waals surface area (Å²) >= 11 is 1.76. The van der Waals surface area contributed by atoms with Crippen molar-refractivity contribution < 1.29 is 14.7 Å². The summed E-state index contributed by atoms with van der Waals surface area (Å²) in [6.45, 7) is 7.74. The summed E-state index contributed by atoms with van der Waals surface area (Å²) in [4.78, 5) is 25.8. The maximum atomic E-state index is 13.1. The number of carbonyl (C=O) groups is 2. The van der Waals surface area contributed by atoms with Gasteiger partial charge in [-0.15, -0.1) is 11.8 Å². The van der Waals surface area contributed by atoms with Gasteiger partial charge in [0.05, 0.1) is 12.2 Å². The van der Waals surface area contributed by atoms with E-state index >= 15 is 0 Å². The molecule has 7 heteroatoms. The fourth-order valence-corrected chi connectivity index (χ4v) is 4.79. The molecule has 1 aliphatic heterocycles. The number of benzene rings is 1. The molecular weight excluding hydrogens is 350 g/mol. The normalized spacial score (nSPS) is 16.2. The first-order valence-corrected chi connectivity index (χ1v) is 9.67. The quantitative estimate of drug-likeness (QED) is 0.805. The van der Waals surface area contributed by atoms with Crippen molar-refractivity contribution in [2.24, 2.45) is 0 Å². The first-order chi connectivity index (χ1) is 12.3. The van der Waals surface area contributed by atoms with E-state index in [4.69, 9.17) is 0 Å². The largest absolute Gasteiger partial charge is 0.493 e. The second-order valence-electron chi connectivity index (χ2n) is 6.53. The van der Waals surface area contributed by atoms with Gasteiger partial charge in [0, 0.05) is 29.7 Å². The van der Waals surface area contributed by atoms with Crippen molar-refractivity contribution in [2.75, 3.05) is 5.75 Å². The molecule has 3 rings (SSSR count). The summed E-state index contributed by atoms with van der Waals surface area (Å²) in [5, 5.41) is 17.3. The average Bonchev–Trinajstić information content (AvgIpc) is 2.97. The Kier molecular flexibility index (Phi) is 5.09. The molecule has 0 aliphatic carbocycles. The highest BCUT2D eigenvalue weighted by Crippen LogP contribution is 2.42. The molecule has 1 aromatic carbocycles. The number of fused-ring (bicyclic) bond motifs is 1. The number of nitrogens with zero attached hydrogens (tertiary/aromatic N) is 2. The number of amides is 1. The van der Waals surface area contributed by atoms with Crippen LogP contribution in [0.2, 0.25) is 0 Å². The Labute approximate surface area is 157 Å². The van der Waals surface area contributed by atoms with Crippen molar-refractivity contribution in [3.05, 3.63) is 40.1 Å². The summed E-state index contributed by atoms with van der Waals surface area (Å²) in [7, 11) is 0. The number of hydrogen-bond acceptors (Lipinski definition) is 5. The lowest BCUT2D eigenvalue weighted by molar-refractivity contribution is -0.119. The van der Waals surface area contributed by atoms with Gasteiger partial charge in [-0.3, -0.25) is 9.59 Å². The maximum absolute atomic E-state index is 13.1. The lowest BCUT2D eigenvalue weighted by atomic mass is 9.89. The maximum Gasteiger partial charge on any atom is 0.220 e. The summed E-state index contributed by atoms with van der Waals surface area (Å²) in [6.07, 6.45) is 2.24. The number of aryl methyl sites for hydroxylation is 2. The molecule has 0 saturated heterocycles. The Hall–Kier alpha value is -2.28. The molecule has 26 heavy (non-hydrogen) atoms. The third-order valence-corrected chi connectivity index (χ3v) is 6.02. The molecule has 1 amide bonds. The van der Waals surface area contributed by atoms with Gasteiger partial charge in [-0.05, 0) is 49.9 Å². The van der Waals surface area contributed by atoms with E-state index in [0.29, 0.717) is 12.1 Å². The number of hydrogen-bond donors (Lipinski definition) is 2. The van der Waals surface area contributed by atoms with Gasteiger partial charge in [0.1, 0.15) is 5.56 Å². The molecule has 1 aliphatic rings. The van der Waals surface area contributed by atoms with Crippen LogP contribution < -0.4 is 5.32 Å². The fraction of sp³-hybridized carbons (Fsp3) is 0.421. The van der Waals surface area contributed by atoms with Crippen molar-refractivity contribution in [3.8, 4) is 5.88 Å². The van der Waals surface area contributed by atoms with Gasteiger partial charge < -0.3 is 10.4 Å². The summed E-state index contributed by atoms with van der Waals surface area (Å²) in [5.74, 6) is 0.488. The minimum atomic E-state index is -0.247. The zero-order chi connectivity index (χ0) is 19.0. The Bertz CT molecular complexity index is 889. The molecule has 2 N–H and O–H groups in total. The minimum absolute atomic E-state index is 0.0801. The Balaban J connectivity index is 2.11. The van der Waals surface area contributed by atoms with Gasteiger partial charge >= 0.3 is 0 Å². The van der Waals surface area contributed by atoms with Gasteiger partial charge in [0.2, 0.25) is 11.8 Å². The van der Waals surface area contributed by atoms with Crippen LogP contribution in [0, 0.1) is 13.8 Å². The van der Waals surface area contributed by atoms with Gasteiger partial charge in [-0.25, -0.2) is 4.68 Å². The van der Waals surface area contributed by atoms with Crippen LogP contribution in [0.4, 0.5) is 0 Å². The highest BCUT2D eigenvalue weighted by molar-refractivity contribution is 7.99. The monoisotopic (exact) mass is 373 g/mol. The second-order valence-corrected chi connectivity index (χ2v) is 7.63. The standard InChI is InChI=1S/C19H23N3O3S/c1-5-22-19(25)14(9-20-22)17(24)13-8-10(2)18-16(11(13)3)15(6-7-26-18)21-12(4)23/h8-9,15,25H,5-7H2,1-4H3,(H,21,23). The van der Waals surface area contributed by atoms with Gasteiger partial charge in [0.25, 0.3) is 0 Å². The van der Waals surface area contributed by atoms with E-state index in [1.54, 1.807) is 11.8 Å². The van der Waals surface area contributed by atoms with E-state index in [1.165, 1.54) is 17.8 Å². The number of rotatable bonds is 4. The number of carbonyl (C=O) groups excluding carboxylic acids is 2. The van der Waals surface area contributed by atoms with Crippen LogP contribution in [0.15, 0.2) is 17.2 Å². The predicted molar refractivity (Wildman–Crippen MR) is 101 cm³/mol. The molecule has 0 radical (unpaired) electrons. The molecule has 1 atom stereocenters. The molecule has 2 aromatic rings. The Morgan fingerprint density at radius 2 is 2.12 bits per heavy atom. The van der Waals surface area contributed by atoms with E-state index < -0.39 is 0 Å². The zero-order valence-corrected chi connectivity index (χ0v) is 16.2. The summed E-state index contributed by atoms with van der Waals surface area (Å²) in [5.41, 5.74) is 3.63. The molecule has 1 unspecified atom stereocenters. The average molecular weight is 373 g/mol. The van der Waals surface area contributed by atoms with Gasteiger partial charge in [-0.1, -0.05) is 0 Å². The number of thioether (sulfide) groups is 1. The molecule has 0 saturated carbocycles. The van der Waals surface area contributed by atoms with Crippen molar-refractivity contribution >= 4 is 23.5 Å². The molecular formula is C19H23N3O3S. The lowest BCUT2D eigenvalue weighted by Gasteiger charge is -2.29. The van der Waals surface area contributed by atoms with E-state index in [2.05, 4.69) is 10.4 Å². The number of nitrogens with one attached hydrogen (secondary N) is 1. The van der Waals surface area contributed by atoms with Crippen LogP contribution in [0.25, 0.3) is 0 Å². The van der Waals surface area contributed by atoms with E-state index in [9.17, 15) is 14.7 Å². The number of aromatic hydroxyl groups is 1. The Morgan fingerprint density at radius 1 is 1.38 bits per heavy atom. The predicted octanol–water partition coefficient (Wildman–Crippen LogP) is 3.13. The zero-order valence-electron chi connectivity index (χ0n) is 15.4. The van der Waals surface area contributed by atoms with Gasteiger partial charge in [0.15, 0.2) is 5.78 Å². The molecule has 2 heterocycles. The van der Waals surface area contributed by atoms with Crippen molar-refractivity contribution in [1.29, 1.82) is 0 Å². The van der Waals surface area contributed by atoms with Crippen molar-refractivity contribution in [1.82, 2.24) is 15.1 Å². The molecule has 0 fully saturated rings. The van der Waals surface area contributed by atoms with Crippen molar-refractivity contribution in [3.63, 3.8) is 0 Å². The Morgan fingerprint density at radius 3 is 2.73 bits per heavy atom. The minimum Gasteiger partial charge on any atom is -0.493 e. The second kappa shape index (κ2) is 7.15.